The summed E-state index contributed by atoms with van der Waals surface area (Å²) in [5, 5.41) is 22.1. The maximum Gasteiger partial charge on any atom is 0.327 e. The van der Waals surface area contributed by atoms with Crippen LogP contribution in [0.3, 0.4) is 0 Å². The van der Waals surface area contributed by atoms with Crippen molar-refractivity contribution in [3.8, 4) is 5.75 Å². The molecule has 0 saturated carbocycles. The minimum atomic E-state index is -1.08. The zero-order chi connectivity index (χ0) is 25.1. The second-order valence-corrected chi connectivity index (χ2v) is 8.81. The average molecular weight is 487 g/mol. The number of fused-ring (bicyclic) bond motifs is 2. The summed E-state index contributed by atoms with van der Waals surface area (Å²) in [5.41, 5.74) is 2.00. The molecule has 9 heteroatoms. The number of carboxylic acids is 1. The van der Waals surface area contributed by atoms with E-state index >= 15 is 0 Å². The van der Waals surface area contributed by atoms with Crippen LogP contribution in [0.5, 0.6) is 5.75 Å². The Balaban J connectivity index is 1.22. The number of aliphatic hydroxyl groups is 1. The van der Waals surface area contributed by atoms with Gasteiger partial charge in [-0.05, 0) is 48.5 Å². The highest BCUT2D eigenvalue weighted by molar-refractivity contribution is 5.99. The van der Waals surface area contributed by atoms with Gasteiger partial charge >= 0.3 is 5.97 Å². The van der Waals surface area contributed by atoms with E-state index in [1.807, 2.05) is 41.3 Å². The largest absolute Gasteiger partial charge is 0.490 e. The number of carbonyl (C=O) groups is 2. The van der Waals surface area contributed by atoms with Gasteiger partial charge in [-0.15, -0.1) is 0 Å². The molecule has 2 N–H and O–H groups in total. The summed E-state index contributed by atoms with van der Waals surface area (Å²) in [6, 6.07) is 17.1. The molecule has 0 bridgehead atoms. The average Bonchev–Trinajstić information content (AvgIpc) is 2.91. The number of aromatic nitrogens is 2. The van der Waals surface area contributed by atoms with Gasteiger partial charge in [-0.2, -0.15) is 0 Å². The lowest BCUT2D eigenvalue weighted by molar-refractivity contribution is -0.144. The van der Waals surface area contributed by atoms with Gasteiger partial charge in [0, 0.05) is 54.9 Å². The molecule has 1 aliphatic heterocycles. The predicted molar refractivity (Wildman–Crippen MR) is 134 cm³/mol. The van der Waals surface area contributed by atoms with Gasteiger partial charge in [0.15, 0.2) is 0 Å². The monoisotopic (exact) mass is 486 g/mol. The van der Waals surface area contributed by atoms with E-state index in [0.29, 0.717) is 17.9 Å². The molecule has 1 fully saturated rings. The van der Waals surface area contributed by atoms with Crippen molar-refractivity contribution in [2.24, 2.45) is 0 Å². The molecule has 2 aromatic carbocycles. The standard InChI is InChI=1S/C27H26N4O5/c32-20(17-36-25-7-1-6-23-21(25)5-3-11-29-23)15-30-12-13-31(24(16-30)27(34)35)26(33)19-8-9-22-18(14-19)4-2-10-28-22/h1-11,14,20,24,32H,12-13,15-17H2,(H,34,35)/t20-,24?/m1/s1. The van der Waals surface area contributed by atoms with Gasteiger partial charge in [0.2, 0.25) is 0 Å². The van der Waals surface area contributed by atoms with E-state index in [0.717, 1.165) is 21.8 Å². The van der Waals surface area contributed by atoms with E-state index in [4.69, 9.17) is 4.74 Å². The Bertz CT molecular complexity index is 1410. The van der Waals surface area contributed by atoms with Crippen LogP contribution < -0.4 is 4.74 Å². The summed E-state index contributed by atoms with van der Waals surface area (Å²) in [4.78, 5) is 37.1. The zero-order valence-corrected chi connectivity index (χ0v) is 19.5. The number of hydrogen-bond donors (Lipinski definition) is 2. The van der Waals surface area contributed by atoms with Crippen LogP contribution in [0.1, 0.15) is 10.4 Å². The van der Waals surface area contributed by atoms with E-state index in [9.17, 15) is 19.8 Å². The van der Waals surface area contributed by atoms with Crippen LogP contribution >= 0.6 is 0 Å². The van der Waals surface area contributed by atoms with Crippen molar-refractivity contribution in [3.63, 3.8) is 0 Å². The molecule has 184 valence electrons. The number of nitrogens with zero attached hydrogens (tertiary/aromatic N) is 4. The lowest BCUT2D eigenvalue weighted by Gasteiger charge is -2.40. The third-order valence-corrected chi connectivity index (χ3v) is 6.37. The maximum absolute atomic E-state index is 13.2. The molecule has 1 aliphatic rings. The summed E-state index contributed by atoms with van der Waals surface area (Å²) in [7, 11) is 0. The molecule has 1 unspecified atom stereocenters. The van der Waals surface area contributed by atoms with Crippen LogP contribution in [0.2, 0.25) is 0 Å². The minimum absolute atomic E-state index is 0.0516. The van der Waals surface area contributed by atoms with Gasteiger partial charge in [-0.3, -0.25) is 19.7 Å². The van der Waals surface area contributed by atoms with Crippen LogP contribution in [0.15, 0.2) is 73.1 Å². The number of benzene rings is 2. The van der Waals surface area contributed by atoms with E-state index in [1.54, 1.807) is 36.7 Å². The molecule has 0 aliphatic carbocycles. The Morgan fingerprint density at radius 1 is 1.00 bits per heavy atom. The van der Waals surface area contributed by atoms with E-state index < -0.39 is 18.1 Å². The molecule has 2 aromatic heterocycles. The summed E-state index contributed by atoms with van der Waals surface area (Å²) >= 11 is 0. The number of amides is 1. The SMILES string of the molecule is O=C(O)C1CN(C[C@@H](O)COc2cccc3ncccc23)CCN1C(=O)c1ccc2ncccc2c1. The topological polar surface area (TPSA) is 116 Å². The summed E-state index contributed by atoms with van der Waals surface area (Å²) in [6.07, 6.45) is 2.56. The van der Waals surface area contributed by atoms with Crippen LogP contribution in [0.25, 0.3) is 21.8 Å². The molecule has 2 atom stereocenters. The van der Waals surface area contributed by atoms with Crippen molar-refractivity contribution in [1.82, 2.24) is 19.8 Å². The number of rotatable bonds is 7. The number of carboxylic acid groups (broad SMARTS) is 1. The number of pyridine rings is 2. The molecule has 3 heterocycles. The first-order valence-corrected chi connectivity index (χ1v) is 11.7. The Hall–Kier alpha value is -4.08. The Morgan fingerprint density at radius 3 is 2.64 bits per heavy atom. The highest BCUT2D eigenvalue weighted by atomic mass is 16.5. The Morgan fingerprint density at radius 2 is 1.81 bits per heavy atom. The van der Waals surface area contributed by atoms with Gasteiger partial charge in [0.1, 0.15) is 24.5 Å². The van der Waals surface area contributed by atoms with Gasteiger partial charge in [-0.25, -0.2) is 4.79 Å². The fourth-order valence-corrected chi connectivity index (χ4v) is 4.57. The first kappa shape index (κ1) is 23.7. The molecule has 1 saturated heterocycles. The van der Waals surface area contributed by atoms with E-state index in [1.165, 1.54) is 4.90 Å². The fourth-order valence-electron chi connectivity index (χ4n) is 4.57. The summed E-state index contributed by atoms with van der Waals surface area (Å²) in [6.45, 7) is 1.08. The first-order valence-electron chi connectivity index (χ1n) is 11.7. The molecular formula is C27H26N4O5. The van der Waals surface area contributed by atoms with Gasteiger partial charge in [0.05, 0.1) is 11.0 Å². The van der Waals surface area contributed by atoms with Crippen LogP contribution in [-0.4, -0.2) is 86.8 Å². The van der Waals surface area contributed by atoms with Gasteiger partial charge in [0.25, 0.3) is 5.91 Å². The third-order valence-electron chi connectivity index (χ3n) is 6.37. The molecule has 4 aromatic rings. The quantitative estimate of drug-likeness (QED) is 0.409. The predicted octanol–water partition coefficient (Wildman–Crippen LogP) is 2.43. The van der Waals surface area contributed by atoms with E-state index in [2.05, 4.69) is 9.97 Å². The molecule has 36 heavy (non-hydrogen) atoms. The lowest BCUT2D eigenvalue weighted by Crippen LogP contribution is -2.59. The number of aliphatic hydroxyl groups excluding tert-OH is 1. The molecule has 0 spiro atoms. The smallest absolute Gasteiger partial charge is 0.327 e. The highest BCUT2D eigenvalue weighted by Crippen LogP contribution is 2.24. The fraction of sp³-hybridized carbons (Fsp3) is 0.259. The van der Waals surface area contributed by atoms with Crippen LogP contribution in [0, 0.1) is 0 Å². The lowest BCUT2D eigenvalue weighted by atomic mass is 10.1. The van der Waals surface area contributed by atoms with Crippen LogP contribution in [-0.2, 0) is 4.79 Å². The summed E-state index contributed by atoms with van der Waals surface area (Å²) in [5.74, 6) is -0.783. The number of hydrogen-bond acceptors (Lipinski definition) is 7. The Kier molecular flexibility index (Phi) is 6.75. The maximum atomic E-state index is 13.2. The number of carbonyl (C=O) groups excluding carboxylic acids is 1. The van der Waals surface area contributed by atoms with Crippen molar-refractivity contribution in [2.45, 2.75) is 12.1 Å². The third kappa shape index (κ3) is 4.98. The zero-order valence-electron chi connectivity index (χ0n) is 19.5. The number of aliphatic carboxylic acids is 1. The van der Waals surface area contributed by atoms with Gasteiger partial charge in [-0.1, -0.05) is 12.1 Å². The second kappa shape index (κ2) is 10.3. The molecular weight excluding hydrogens is 460 g/mol. The molecule has 1 amide bonds. The van der Waals surface area contributed by atoms with Crippen molar-refractivity contribution >= 4 is 33.7 Å². The Labute approximate surface area is 207 Å². The van der Waals surface area contributed by atoms with Crippen LogP contribution in [0.4, 0.5) is 0 Å². The number of β-amino-alcohol motifs (C(OH)–C–C–N with tert-alkyl or cyclic N) is 1. The first-order chi connectivity index (χ1) is 17.5. The minimum Gasteiger partial charge on any atom is -0.490 e. The van der Waals surface area contributed by atoms with E-state index in [-0.39, 0.29) is 32.1 Å². The second-order valence-electron chi connectivity index (χ2n) is 8.81. The number of ether oxygens (including phenoxy) is 1. The van der Waals surface area contributed by atoms with Gasteiger partial charge < -0.3 is 19.8 Å². The normalized spacial score (nSPS) is 17.2. The van der Waals surface area contributed by atoms with Crippen molar-refractivity contribution in [2.75, 3.05) is 32.8 Å². The summed E-state index contributed by atoms with van der Waals surface area (Å²) < 4.78 is 5.85. The molecule has 9 nitrogen and oxygen atoms in total. The highest BCUT2D eigenvalue weighted by Gasteiger charge is 2.36. The van der Waals surface area contributed by atoms with Crippen molar-refractivity contribution in [3.05, 3.63) is 78.6 Å². The van der Waals surface area contributed by atoms with Crippen molar-refractivity contribution < 1.29 is 24.5 Å². The van der Waals surface area contributed by atoms with Crippen molar-refractivity contribution in [1.29, 1.82) is 0 Å². The molecule has 5 rings (SSSR count). The molecule has 0 radical (unpaired) electrons. The number of piperazine rings is 1.